The SMILES string of the molecule is CC[C@H]1CCCCC1C1CCC(Cc2ccc(O)cc2)CC1. The Bertz CT molecular complexity index is 441. The number of phenolic OH excluding ortho intramolecular Hbond substituents is 1. The third-order valence-electron chi connectivity index (χ3n) is 6.45. The molecule has 1 N–H and O–H groups in total. The monoisotopic (exact) mass is 300 g/mol. The van der Waals surface area contributed by atoms with Crippen molar-refractivity contribution >= 4 is 0 Å². The van der Waals surface area contributed by atoms with Crippen LogP contribution >= 0.6 is 0 Å². The molecular formula is C21H32O. The maximum Gasteiger partial charge on any atom is 0.115 e. The summed E-state index contributed by atoms with van der Waals surface area (Å²) in [5.74, 6) is 4.32. The van der Waals surface area contributed by atoms with E-state index in [0.717, 1.165) is 23.7 Å². The molecule has 122 valence electrons. The highest BCUT2D eigenvalue weighted by atomic mass is 16.3. The highest BCUT2D eigenvalue weighted by molar-refractivity contribution is 5.26. The van der Waals surface area contributed by atoms with Crippen molar-refractivity contribution in [2.24, 2.45) is 23.7 Å². The van der Waals surface area contributed by atoms with Crippen molar-refractivity contribution in [3.63, 3.8) is 0 Å². The predicted octanol–water partition coefficient (Wildman–Crippen LogP) is 5.96. The molecule has 0 amide bonds. The summed E-state index contributed by atoms with van der Waals surface area (Å²) in [6, 6.07) is 7.84. The fourth-order valence-corrected chi connectivity index (χ4v) is 5.15. The summed E-state index contributed by atoms with van der Waals surface area (Å²) < 4.78 is 0. The molecule has 1 aromatic carbocycles. The summed E-state index contributed by atoms with van der Waals surface area (Å²) in [7, 11) is 0. The van der Waals surface area contributed by atoms with Gasteiger partial charge in [0.05, 0.1) is 0 Å². The maximum absolute atomic E-state index is 9.39. The van der Waals surface area contributed by atoms with Gasteiger partial charge in [-0.2, -0.15) is 0 Å². The van der Waals surface area contributed by atoms with E-state index in [-0.39, 0.29) is 0 Å². The standard InChI is InChI=1S/C21H32O/c1-2-18-5-3-4-6-21(18)19-11-7-16(8-12-19)15-17-9-13-20(22)14-10-17/h9-10,13-14,16,18-19,21-22H,2-8,11-12,15H2,1H3/t16?,18-,19?,21?/m0/s1. The van der Waals surface area contributed by atoms with Crippen LogP contribution < -0.4 is 0 Å². The van der Waals surface area contributed by atoms with Gasteiger partial charge in [0.1, 0.15) is 5.75 Å². The highest BCUT2D eigenvalue weighted by Gasteiger charge is 2.33. The fourth-order valence-electron chi connectivity index (χ4n) is 5.15. The number of aromatic hydroxyl groups is 1. The molecule has 2 fully saturated rings. The molecule has 2 aliphatic rings. The normalized spacial score (nSPS) is 32.8. The second kappa shape index (κ2) is 7.53. The molecule has 1 unspecified atom stereocenters. The van der Waals surface area contributed by atoms with Crippen molar-refractivity contribution in [1.82, 2.24) is 0 Å². The third kappa shape index (κ3) is 3.86. The summed E-state index contributed by atoms with van der Waals surface area (Å²) in [5, 5.41) is 9.39. The van der Waals surface area contributed by atoms with Gasteiger partial charge in [0.2, 0.25) is 0 Å². The van der Waals surface area contributed by atoms with Crippen LogP contribution in [0.5, 0.6) is 5.75 Å². The van der Waals surface area contributed by atoms with Crippen LogP contribution in [0.1, 0.15) is 70.3 Å². The molecule has 0 aromatic heterocycles. The van der Waals surface area contributed by atoms with E-state index in [0.29, 0.717) is 5.75 Å². The molecule has 0 saturated heterocycles. The zero-order valence-electron chi connectivity index (χ0n) is 14.1. The van der Waals surface area contributed by atoms with Gasteiger partial charge in [-0.25, -0.2) is 0 Å². The number of benzene rings is 1. The van der Waals surface area contributed by atoms with Crippen LogP contribution in [0.2, 0.25) is 0 Å². The first-order valence-electron chi connectivity index (χ1n) is 9.54. The summed E-state index contributed by atoms with van der Waals surface area (Å²) in [6.45, 7) is 2.40. The Hall–Kier alpha value is -0.980. The van der Waals surface area contributed by atoms with Crippen LogP contribution in [0.15, 0.2) is 24.3 Å². The van der Waals surface area contributed by atoms with Crippen molar-refractivity contribution in [3.05, 3.63) is 29.8 Å². The zero-order chi connectivity index (χ0) is 15.4. The molecule has 2 saturated carbocycles. The summed E-state index contributed by atoms with van der Waals surface area (Å²) in [4.78, 5) is 0. The average molecular weight is 300 g/mol. The Morgan fingerprint density at radius 1 is 0.909 bits per heavy atom. The minimum atomic E-state index is 0.385. The Morgan fingerprint density at radius 2 is 1.59 bits per heavy atom. The van der Waals surface area contributed by atoms with Gasteiger partial charge in [-0.05, 0) is 79.9 Å². The Kier molecular flexibility index (Phi) is 5.44. The van der Waals surface area contributed by atoms with Crippen molar-refractivity contribution in [3.8, 4) is 5.75 Å². The van der Waals surface area contributed by atoms with Gasteiger partial charge >= 0.3 is 0 Å². The van der Waals surface area contributed by atoms with Crippen LogP contribution in [0.25, 0.3) is 0 Å². The number of rotatable bonds is 4. The van der Waals surface area contributed by atoms with Crippen LogP contribution in [0.3, 0.4) is 0 Å². The topological polar surface area (TPSA) is 20.2 Å². The first kappa shape index (κ1) is 15.9. The van der Waals surface area contributed by atoms with Gasteiger partial charge in [-0.1, -0.05) is 44.7 Å². The van der Waals surface area contributed by atoms with Crippen LogP contribution in [-0.2, 0) is 6.42 Å². The van der Waals surface area contributed by atoms with Crippen molar-refractivity contribution < 1.29 is 5.11 Å². The van der Waals surface area contributed by atoms with Gasteiger partial charge in [-0.15, -0.1) is 0 Å². The quantitative estimate of drug-likeness (QED) is 0.727. The number of hydrogen-bond acceptors (Lipinski definition) is 1. The average Bonchev–Trinajstić information content (AvgIpc) is 2.58. The molecule has 0 heterocycles. The van der Waals surface area contributed by atoms with Crippen LogP contribution in [0, 0.1) is 23.7 Å². The van der Waals surface area contributed by atoms with Crippen molar-refractivity contribution in [1.29, 1.82) is 0 Å². The van der Waals surface area contributed by atoms with E-state index in [4.69, 9.17) is 0 Å². The first-order valence-corrected chi connectivity index (χ1v) is 9.54. The molecule has 0 aliphatic heterocycles. The molecule has 1 aromatic rings. The number of phenols is 1. The lowest BCUT2D eigenvalue weighted by atomic mass is 9.65. The van der Waals surface area contributed by atoms with Crippen molar-refractivity contribution in [2.45, 2.75) is 71.1 Å². The second-order valence-corrected chi connectivity index (χ2v) is 7.77. The summed E-state index contributed by atoms with van der Waals surface area (Å²) >= 11 is 0. The Labute approximate surface area is 136 Å². The smallest absolute Gasteiger partial charge is 0.115 e. The first-order chi connectivity index (χ1) is 10.8. The van der Waals surface area contributed by atoms with E-state index < -0.39 is 0 Å². The predicted molar refractivity (Wildman–Crippen MR) is 93.0 cm³/mol. The minimum Gasteiger partial charge on any atom is -0.508 e. The van der Waals surface area contributed by atoms with Crippen LogP contribution in [-0.4, -0.2) is 5.11 Å². The molecule has 2 atom stereocenters. The van der Waals surface area contributed by atoms with E-state index in [1.165, 1.54) is 69.8 Å². The lowest BCUT2D eigenvalue weighted by Crippen LogP contribution is -2.30. The molecule has 0 spiro atoms. The third-order valence-corrected chi connectivity index (χ3v) is 6.45. The molecular weight excluding hydrogens is 268 g/mol. The maximum atomic E-state index is 9.39. The van der Waals surface area contributed by atoms with E-state index in [1.54, 1.807) is 0 Å². The van der Waals surface area contributed by atoms with E-state index in [1.807, 2.05) is 12.1 Å². The lowest BCUT2D eigenvalue weighted by Gasteiger charge is -2.40. The Balaban J connectivity index is 1.50. The molecule has 3 rings (SSSR count). The summed E-state index contributed by atoms with van der Waals surface area (Å²) in [6.07, 6.45) is 14.3. The van der Waals surface area contributed by atoms with Crippen LogP contribution in [0.4, 0.5) is 0 Å². The second-order valence-electron chi connectivity index (χ2n) is 7.77. The molecule has 1 nitrogen and oxygen atoms in total. The van der Waals surface area contributed by atoms with Crippen molar-refractivity contribution in [2.75, 3.05) is 0 Å². The van der Waals surface area contributed by atoms with Gasteiger partial charge < -0.3 is 5.11 Å². The van der Waals surface area contributed by atoms with E-state index in [2.05, 4.69) is 19.1 Å². The van der Waals surface area contributed by atoms with Gasteiger partial charge in [-0.3, -0.25) is 0 Å². The Morgan fingerprint density at radius 3 is 2.27 bits per heavy atom. The fraction of sp³-hybridized carbons (Fsp3) is 0.714. The van der Waals surface area contributed by atoms with Gasteiger partial charge in [0, 0.05) is 0 Å². The molecule has 1 heteroatoms. The number of hydrogen-bond donors (Lipinski definition) is 1. The van der Waals surface area contributed by atoms with E-state index in [9.17, 15) is 5.11 Å². The highest BCUT2D eigenvalue weighted by Crippen LogP contribution is 2.44. The largest absolute Gasteiger partial charge is 0.508 e. The molecule has 0 radical (unpaired) electrons. The molecule has 0 bridgehead atoms. The van der Waals surface area contributed by atoms with Gasteiger partial charge in [0.15, 0.2) is 0 Å². The molecule has 2 aliphatic carbocycles. The lowest BCUT2D eigenvalue weighted by molar-refractivity contribution is 0.110. The summed E-state index contributed by atoms with van der Waals surface area (Å²) in [5.41, 5.74) is 1.39. The minimum absolute atomic E-state index is 0.385. The zero-order valence-corrected chi connectivity index (χ0v) is 14.1. The van der Waals surface area contributed by atoms with E-state index >= 15 is 0 Å². The molecule has 22 heavy (non-hydrogen) atoms. The van der Waals surface area contributed by atoms with Gasteiger partial charge in [0.25, 0.3) is 0 Å².